The Morgan fingerprint density at radius 2 is 2.32 bits per heavy atom. The number of amides is 1. The fourth-order valence-corrected chi connectivity index (χ4v) is 2.30. The smallest absolute Gasteiger partial charge is 0.255 e. The zero-order valence-electron chi connectivity index (χ0n) is 11.1. The molecule has 5 nitrogen and oxygen atoms in total. The number of nitrogens with one attached hydrogen (secondary N) is 1. The highest BCUT2D eigenvalue weighted by Crippen LogP contribution is 2.16. The summed E-state index contributed by atoms with van der Waals surface area (Å²) in [6.45, 7) is 3.40. The summed E-state index contributed by atoms with van der Waals surface area (Å²) >= 11 is 0. The van der Waals surface area contributed by atoms with Crippen LogP contribution >= 0.6 is 0 Å². The number of nitrogens with zero attached hydrogens (tertiary/aromatic N) is 1. The van der Waals surface area contributed by atoms with E-state index >= 15 is 0 Å². The average molecular weight is 264 g/mol. The molecule has 1 heterocycles. The molecule has 1 aliphatic rings. The van der Waals surface area contributed by atoms with Crippen LogP contribution in [0.15, 0.2) is 24.3 Å². The van der Waals surface area contributed by atoms with Crippen LogP contribution in [0.2, 0.25) is 0 Å². The summed E-state index contributed by atoms with van der Waals surface area (Å²) < 4.78 is 5.04. The lowest BCUT2D eigenvalue weighted by molar-refractivity contribution is 0.0934. The topological polar surface area (TPSA) is 61.8 Å². The van der Waals surface area contributed by atoms with E-state index in [-0.39, 0.29) is 17.7 Å². The third-order valence-corrected chi connectivity index (χ3v) is 3.37. The number of phenols is 1. The van der Waals surface area contributed by atoms with Gasteiger partial charge in [-0.2, -0.15) is 0 Å². The lowest BCUT2D eigenvalue weighted by atomic mass is 10.1. The van der Waals surface area contributed by atoms with Gasteiger partial charge in [-0.3, -0.25) is 9.69 Å². The van der Waals surface area contributed by atoms with Gasteiger partial charge in [0.1, 0.15) is 5.75 Å². The SMILES string of the molecule is COCCN1CC[C@@H](NC(=O)c2ccccc2O)C1. The van der Waals surface area contributed by atoms with Crippen LogP contribution in [0.1, 0.15) is 16.8 Å². The number of para-hydroxylation sites is 1. The van der Waals surface area contributed by atoms with Gasteiger partial charge < -0.3 is 15.2 Å². The van der Waals surface area contributed by atoms with Crippen molar-refractivity contribution in [2.75, 3.05) is 33.4 Å². The van der Waals surface area contributed by atoms with E-state index in [1.54, 1.807) is 25.3 Å². The number of carbonyl (C=O) groups excluding carboxylic acids is 1. The Bertz CT molecular complexity index is 436. The molecule has 0 aliphatic carbocycles. The fourth-order valence-electron chi connectivity index (χ4n) is 2.30. The van der Waals surface area contributed by atoms with Gasteiger partial charge in [-0.05, 0) is 18.6 Å². The van der Waals surface area contributed by atoms with E-state index < -0.39 is 0 Å². The van der Waals surface area contributed by atoms with Crippen LogP contribution < -0.4 is 5.32 Å². The maximum atomic E-state index is 12.0. The van der Waals surface area contributed by atoms with E-state index in [0.717, 1.165) is 26.1 Å². The van der Waals surface area contributed by atoms with Gasteiger partial charge in [0.2, 0.25) is 0 Å². The van der Waals surface area contributed by atoms with Gasteiger partial charge in [0, 0.05) is 32.8 Å². The summed E-state index contributed by atoms with van der Waals surface area (Å²) in [6, 6.07) is 6.74. The number of rotatable bonds is 5. The molecular weight excluding hydrogens is 244 g/mol. The lowest BCUT2D eigenvalue weighted by Gasteiger charge is -2.16. The number of methoxy groups -OCH3 is 1. The Kier molecular flexibility index (Phi) is 4.76. The minimum atomic E-state index is -0.211. The lowest BCUT2D eigenvalue weighted by Crippen LogP contribution is -2.37. The number of carbonyl (C=O) groups is 1. The van der Waals surface area contributed by atoms with Crippen molar-refractivity contribution in [3.63, 3.8) is 0 Å². The first-order valence-corrected chi connectivity index (χ1v) is 6.51. The maximum Gasteiger partial charge on any atom is 0.255 e. The number of hydrogen-bond acceptors (Lipinski definition) is 4. The van der Waals surface area contributed by atoms with Crippen LogP contribution in [0.25, 0.3) is 0 Å². The first-order valence-electron chi connectivity index (χ1n) is 6.51. The quantitative estimate of drug-likeness (QED) is 0.827. The van der Waals surface area contributed by atoms with Crippen molar-refractivity contribution < 1.29 is 14.6 Å². The van der Waals surface area contributed by atoms with Crippen molar-refractivity contribution in [3.05, 3.63) is 29.8 Å². The third kappa shape index (κ3) is 3.68. The molecule has 19 heavy (non-hydrogen) atoms. The molecule has 1 aromatic carbocycles. The molecule has 1 atom stereocenters. The summed E-state index contributed by atoms with van der Waals surface area (Å²) in [5, 5.41) is 12.6. The number of likely N-dealkylation sites (tertiary alicyclic amines) is 1. The van der Waals surface area contributed by atoms with E-state index in [9.17, 15) is 9.90 Å². The van der Waals surface area contributed by atoms with Crippen LogP contribution in [-0.4, -0.2) is 55.3 Å². The highest BCUT2D eigenvalue weighted by atomic mass is 16.5. The molecular formula is C14H20N2O3. The van der Waals surface area contributed by atoms with Gasteiger partial charge in [0.05, 0.1) is 12.2 Å². The zero-order chi connectivity index (χ0) is 13.7. The Morgan fingerprint density at radius 3 is 3.05 bits per heavy atom. The highest BCUT2D eigenvalue weighted by molar-refractivity contribution is 5.96. The van der Waals surface area contributed by atoms with E-state index in [1.807, 2.05) is 0 Å². The number of aromatic hydroxyl groups is 1. The van der Waals surface area contributed by atoms with E-state index in [0.29, 0.717) is 12.2 Å². The van der Waals surface area contributed by atoms with Crippen LogP contribution in [0, 0.1) is 0 Å². The molecule has 0 unspecified atom stereocenters. The monoisotopic (exact) mass is 264 g/mol. The largest absolute Gasteiger partial charge is 0.507 e. The molecule has 1 fully saturated rings. The minimum Gasteiger partial charge on any atom is -0.507 e. The molecule has 1 amide bonds. The summed E-state index contributed by atoms with van der Waals surface area (Å²) in [7, 11) is 1.69. The Balaban J connectivity index is 1.86. The van der Waals surface area contributed by atoms with Gasteiger partial charge in [-0.1, -0.05) is 12.1 Å². The molecule has 0 bridgehead atoms. The predicted molar refractivity (Wildman–Crippen MR) is 72.3 cm³/mol. The second-order valence-corrected chi connectivity index (χ2v) is 4.77. The molecule has 1 aliphatic heterocycles. The number of ether oxygens (including phenoxy) is 1. The van der Waals surface area contributed by atoms with Crippen LogP contribution in [0.5, 0.6) is 5.75 Å². The van der Waals surface area contributed by atoms with Crippen molar-refractivity contribution in [1.82, 2.24) is 10.2 Å². The van der Waals surface area contributed by atoms with Crippen LogP contribution in [0.4, 0.5) is 0 Å². The van der Waals surface area contributed by atoms with E-state index in [4.69, 9.17) is 4.74 Å². The summed E-state index contributed by atoms with van der Waals surface area (Å²) in [5.41, 5.74) is 0.331. The number of benzene rings is 1. The molecule has 5 heteroatoms. The van der Waals surface area contributed by atoms with Crippen LogP contribution in [0.3, 0.4) is 0 Å². The van der Waals surface area contributed by atoms with Crippen molar-refractivity contribution >= 4 is 5.91 Å². The van der Waals surface area contributed by atoms with Gasteiger partial charge in [0.15, 0.2) is 0 Å². The van der Waals surface area contributed by atoms with Crippen molar-refractivity contribution in [2.24, 2.45) is 0 Å². The molecule has 1 saturated heterocycles. The molecule has 0 spiro atoms. The summed E-state index contributed by atoms with van der Waals surface area (Å²) in [4.78, 5) is 14.3. The molecule has 2 rings (SSSR count). The maximum absolute atomic E-state index is 12.0. The fraction of sp³-hybridized carbons (Fsp3) is 0.500. The summed E-state index contributed by atoms with van der Waals surface area (Å²) in [6.07, 6.45) is 0.934. The second-order valence-electron chi connectivity index (χ2n) is 4.77. The molecule has 2 N–H and O–H groups in total. The Labute approximate surface area is 113 Å². The standard InChI is InChI=1S/C14H20N2O3/c1-19-9-8-16-7-6-11(10-16)15-14(18)12-4-2-3-5-13(12)17/h2-5,11,17H,6-10H2,1H3,(H,15,18)/t11-/m1/s1. The zero-order valence-corrected chi connectivity index (χ0v) is 11.1. The van der Waals surface area contributed by atoms with Crippen LogP contribution in [-0.2, 0) is 4.74 Å². The van der Waals surface area contributed by atoms with E-state index in [2.05, 4.69) is 10.2 Å². The predicted octanol–water partition coefficient (Wildman–Crippen LogP) is 0.843. The number of hydrogen-bond donors (Lipinski definition) is 2. The summed E-state index contributed by atoms with van der Waals surface area (Å²) in [5.74, 6) is -0.189. The van der Waals surface area contributed by atoms with Gasteiger partial charge in [0.25, 0.3) is 5.91 Å². The Morgan fingerprint density at radius 1 is 1.53 bits per heavy atom. The second kappa shape index (κ2) is 6.54. The third-order valence-electron chi connectivity index (χ3n) is 3.37. The molecule has 0 aromatic heterocycles. The van der Waals surface area contributed by atoms with E-state index in [1.165, 1.54) is 6.07 Å². The molecule has 1 aromatic rings. The molecule has 0 radical (unpaired) electrons. The highest BCUT2D eigenvalue weighted by Gasteiger charge is 2.24. The van der Waals surface area contributed by atoms with Gasteiger partial charge in [-0.15, -0.1) is 0 Å². The normalized spacial score (nSPS) is 19.5. The molecule has 0 saturated carbocycles. The number of phenolic OH excluding ortho intramolecular Hbond substituents is 1. The first-order chi connectivity index (χ1) is 9.20. The first kappa shape index (κ1) is 13.8. The van der Waals surface area contributed by atoms with Crippen molar-refractivity contribution in [3.8, 4) is 5.75 Å². The Hall–Kier alpha value is -1.59. The van der Waals surface area contributed by atoms with Gasteiger partial charge in [-0.25, -0.2) is 0 Å². The minimum absolute atomic E-state index is 0.0224. The van der Waals surface area contributed by atoms with Crippen molar-refractivity contribution in [2.45, 2.75) is 12.5 Å². The van der Waals surface area contributed by atoms with Crippen molar-refractivity contribution in [1.29, 1.82) is 0 Å². The molecule has 104 valence electrons. The average Bonchev–Trinajstić information content (AvgIpc) is 2.84. The van der Waals surface area contributed by atoms with Gasteiger partial charge >= 0.3 is 0 Å².